The molecule has 150 valence electrons. The van der Waals surface area contributed by atoms with Crippen LogP contribution in [0.25, 0.3) is 0 Å². The lowest BCUT2D eigenvalue weighted by atomic mass is 10.1. The van der Waals surface area contributed by atoms with Crippen LogP contribution in [0.2, 0.25) is 0 Å². The molecule has 0 aliphatic carbocycles. The molecule has 0 aliphatic rings. The standard InChI is InChI=1S/C21H27FN4OS/c1-4-24-20(27)16-7-5-15(6-8-16)12-25-21(23-2)26-13-17-9-10-19(22)11-18(17)14-28-3/h5-11H,4,12-14H2,1-3H3,(H,24,27)(H2,23,25,26). The minimum Gasteiger partial charge on any atom is -0.352 e. The van der Waals surface area contributed by atoms with Crippen molar-refractivity contribution in [2.45, 2.75) is 25.8 Å². The van der Waals surface area contributed by atoms with Gasteiger partial charge in [-0.05, 0) is 54.1 Å². The maximum absolute atomic E-state index is 13.5. The second-order valence-corrected chi connectivity index (χ2v) is 7.05. The Bertz CT molecular complexity index is 809. The normalized spacial score (nSPS) is 11.2. The van der Waals surface area contributed by atoms with Gasteiger partial charge in [0.15, 0.2) is 5.96 Å². The number of carbonyl (C=O) groups is 1. The van der Waals surface area contributed by atoms with Gasteiger partial charge >= 0.3 is 0 Å². The van der Waals surface area contributed by atoms with Crippen molar-refractivity contribution in [3.8, 4) is 0 Å². The van der Waals surface area contributed by atoms with Gasteiger partial charge in [-0.25, -0.2) is 4.39 Å². The Balaban J connectivity index is 1.91. The minimum atomic E-state index is -0.216. The quantitative estimate of drug-likeness (QED) is 0.468. The second kappa shape index (κ2) is 11.3. The molecule has 0 saturated carbocycles. The van der Waals surface area contributed by atoms with Gasteiger partial charge in [-0.2, -0.15) is 11.8 Å². The summed E-state index contributed by atoms with van der Waals surface area (Å²) in [5.41, 5.74) is 3.72. The number of guanidine groups is 1. The number of aliphatic imine (C=N–C) groups is 1. The third-order valence-corrected chi connectivity index (χ3v) is 4.75. The van der Waals surface area contributed by atoms with Crippen LogP contribution in [-0.4, -0.2) is 31.7 Å². The molecule has 0 unspecified atom stereocenters. The van der Waals surface area contributed by atoms with Crippen LogP contribution in [-0.2, 0) is 18.8 Å². The van der Waals surface area contributed by atoms with E-state index in [4.69, 9.17) is 0 Å². The summed E-state index contributed by atoms with van der Waals surface area (Å²) in [5, 5.41) is 9.30. The van der Waals surface area contributed by atoms with E-state index in [-0.39, 0.29) is 11.7 Å². The van der Waals surface area contributed by atoms with Crippen LogP contribution in [0.1, 0.15) is 34.0 Å². The summed E-state index contributed by atoms with van der Waals surface area (Å²) in [5.74, 6) is 1.14. The maximum atomic E-state index is 13.5. The summed E-state index contributed by atoms with van der Waals surface area (Å²) >= 11 is 1.66. The fourth-order valence-corrected chi connectivity index (χ4v) is 3.26. The average Bonchev–Trinajstić information content (AvgIpc) is 2.70. The summed E-state index contributed by atoms with van der Waals surface area (Å²) in [6, 6.07) is 12.3. The van der Waals surface area contributed by atoms with Gasteiger partial charge in [-0.1, -0.05) is 18.2 Å². The molecule has 5 nitrogen and oxygen atoms in total. The van der Waals surface area contributed by atoms with Crippen molar-refractivity contribution in [1.82, 2.24) is 16.0 Å². The first-order valence-electron chi connectivity index (χ1n) is 9.15. The summed E-state index contributed by atoms with van der Waals surface area (Å²) in [6.07, 6.45) is 2.00. The summed E-state index contributed by atoms with van der Waals surface area (Å²) in [6.45, 7) is 3.64. The Labute approximate surface area is 170 Å². The molecule has 0 saturated heterocycles. The molecule has 28 heavy (non-hydrogen) atoms. The highest BCUT2D eigenvalue weighted by atomic mass is 32.2. The SMILES string of the molecule is CCNC(=O)c1ccc(CNC(=NC)NCc2ccc(F)cc2CSC)cc1. The van der Waals surface area contributed by atoms with Crippen LogP contribution >= 0.6 is 11.8 Å². The number of thioether (sulfide) groups is 1. The predicted octanol–water partition coefficient (Wildman–Crippen LogP) is 3.30. The van der Waals surface area contributed by atoms with Crippen LogP contribution < -0.4 is 16.0 Å². The smallest absolute Gasteiger partial charge is 0.251 e. The Morgan fingerprint density at radius 3 is 2.39 bits per heavy atom. The van der Waals surface area contributed by atoms with E-state index in [0.717, 1.165) is 22.4 Å². The minimum absolute atomic E-state index is 0.0696. The Morgan fingerprint density at radius 1 is 1.04 bits per heavy atom. The number of halogens is 1. The predicted molar refractivity (Wildman–Crippen MR) is 115 cm³/mol. The second-order valence-electron chi connectivity index (χ2n) is 6.18. The molecule has 0 radical (unpaired) electrons. The van der Waals surface area contributed by atoms with Crippen molar-refractivity contribution in [3.05, 3.63) is 70.5 Å². The van der Waals surface area contributed by atoms with Gasteiger partial charge in [-0.3, -0.25) is 9.79 Å². The Hall–Kier alpha value is -2.54. The lowest BCUT2D eigenvalue weighted by molar-refractivity contribution is 0.0956. The molecule has 2 rings (SSSR count). The van der Waals surface area contributed by atoms with E-state index in [1.165, 1.54) is 6.07 Å². The average molecular weight is 403 g/mol. The van der Waals surface area contributed by atoms with E-state index in [0.29, 0.717) is 31.2 Å². The van der Waals surface area contributed by atoms with Crippen molar-refractivity contribution in [2.75, 3.05) is 19.8 Å². The third kappa shape index (κ3) is 6.56. The van der Waals surface area contributed by atoms with Crippen molar-refractivity contribution >= 4 is 23.6 Å². The number of rotatable bonds is 8. The molecule has 0 spiro atoms. The third-order valence-electron chi connectivity index (χ3n) is 4.15. The first kappa shape index (κ1) is 21.8. The molecular weight excluding hydrogens is 375 g/mol. The Kier molecular flexibility index (Phi) is 8.81. The van der Waals surface area contributed by atoms with E-state index in [2.05, 4.69) is 20.9 Å². The number of nitrogens with one attached hydrogen (secondary N) is 3. The number of hydrogen-bond acceptors (Lipinski definition) is 3. The molecule has 0 atom stereocenters. The van der Waals surface area contributed by atoms with Crippen LogP contribution in [0.3, 0.4) is 0 Å². The highest BCUT2D eigenvalue weighted by Crippen LogP contribution is 2.16. The zero-order chi connectivity index (χ0) is 20.4. The molecule has 2 aromatic rings. The number of hydrogen-bond donors (Lipinski definition) is 3. The molecule has 0 aromatic heterocycles. The van der Waals surface area contributed by atoms with E-state index in [1.807, 2.05) is 37.4 Å². The van der Waals surface area contributed by atoms with E-state index in [1.54, 1.807) is 30.9 Å². The fraction of sp³-hybridized carbons (Fsp3) is 0.333. The van der Waals surface area contributed by atoms with Crippen LogP contribution in [0.4, 0.5) is 4.39 Å². The largest absolute Gasteiger partial charge is 0.352 e. The lowest BCUT2D eigenvalue weighted by Gasteiger charge is -2.14. The highest BCUT2D eigenvalue weighted by molar-refractivity contribution is 7.97. The number of nitrogens with zero attached hydrogens (tertiary/aromatic N) is 1. The number of benzene rings is 2. The zero-order valence-corrected chi connectivity index (χ0v) is 17.3. The molecule has 0 bridgehead atoms. The van der Waals surface area contributed by atoms with Gasteiger partial charge in [0, 0.05) is 38.0 Å². The topological polar surface area (TPSA) is 65.5 Å². The zero-order valence-electron chi connectivity index (χ0n) is 16.5. The molecule has 7 heteroatoms. The van der Waals surface area contributed by atoms with Gasteiger partial charge in [0.05, 0.1) is 0 Å². The summed E-state index contributed by atoms with van der Waals surface area (Å²) < 4.78 is 13.5. The first-order chi connectivity index (χ1) is 13.6. The summed E-state index contributed by atoms with van der Waals surface area (Å²) in [4.78, 5) is 16.0. The molecule has 0 heterocycles. The molecule has 2 aromatic carbocycles. The van der Waals surface area contributed by atoms with Crippen LogP contribution in [0.15, 0.2) is 47.5 Å². The molecule has 0 aliphatic heterocycles. The van der Waals surface area contributed by atoms with Gasteiger partial charge < -0.3 is 16.0 Å². The van der Waals surface area contributed by atoms with Gasteiger partial charge in [0.25, 0.3) is 5.91 Å². The van der Waals surface area contributed by atoms with Crippen molar-refractivity contribution in [1.29, 1.82) is 0 Å². The fourth-order valence-electron chi connectivity index (χ4n) is 2.68. The lowest BCUT2D eigenvalue weighted by Crippen LogP contribution is -2.36. The van der Waals surface area contributed by atoms with E-state index in [9.17, 15) is 9.18 Å². The maximum Gasteiger partial charge on any atom is 0.251 e. The van der Waals surface area contributed by atoms with Crippen LogP contribution in [0.5, 0.6) is 0 Å². The molecule has 3 N–H and O–H groups in total. The molecular formula is C21H27FN4OS. The first-order valence-corrected chi connectivity index (χ1v) is 10.5. The van der Waals surface area contributed by atoms with E-state index < -0.39 is 0 Å². The summed E-state index contributed by atoms with van der Waals surface area (Å²) in [7, 11) is 1.71. The highest BCUT2D eigenvalue weighted by Gasteiger charge is 2.07. The van der Waals surface area contributed by atoms with Gasteiger partial charge in [-0.15, -0.1) is 0 Å². The van der Waals surface area contributed by atoms with Gasteiger partial charge in [0.1, 0.15) is 5.82 Å². The monoisotopic (exact) mass is 402 g/mol. The van der Waals surface area contributed by atoms with Crippen molar-refractivity contribution in [3.63, 3.8) is 0 Å². The number of amides is 1. The van der Waals surface area contributed by atoms with E-state index >= 15 is 0 Å². The van der Waals surface area contributed by atoms with Crippen molar-refractivity contribution in [2.24, 2.45) is 4.99 Å². The molecule has 0 fully saturated rings. The number of carbonyl (C=O) groups excluding carboxylic acids is 1. The molecule has 1 amide bonds. The Morgan fingerprint density at radius 2 is 1.75 bits per heavy atom. The van der Waals surface area contributed by atoms with Crippen LogP contribution in [0, 0.1) is 5.82 Å². The van der Waals surface area contributed by atoms with Crippen molar-refractivity contribution < 1.29 is 9.18 Å². The van der Waals surface area contributed by atoms with Gasteiger partial charge in [0.2, 0.25) is 0 Å².